The Morgan fingerprint density at radius 1 is 0.892 bits per heavy atom. The Bertz CT molecular complexity index is 1590. The van der Waals surface area contributed by atoms with Gasteiger partial charge in [0.2, 0.25) is 12.7 Å². The Morgan fingerprint density at radius 3 is 2.51 bits per heavy atom. The summed E-state index contributed by atoms with van der Waals surface area (Å²) in [5.74, 6) is 2.52. The highest BCUT2D eigenvalue weighted by atomic mass is 16.7. The molecule has 4 aromatic carbocycles. The van der Waals surface area contributed by atoms with Crippen molar-refractivity contribution in [1.82, 2.24) is 0 Å². The van der Waals surface area contributed by atoms with Crippen LogP contribution in [0, 0.1) is 11.3 Å². The number of ether oxygens (including phenoxy) is 5. The number of hydrogen-bond acceptors (Lipinski definition) is 7. The summed E-state index contributed by atoms with van der Waals surface area (Å²) in [7, 11) is 0. The summed E-state index contributed by atoms with van der Waals surface area (Å²) >= 11 is 0. The van der Waals surface area contributed by atoms with E-state index in [1.54, 1.807) is 6.07 Å². The summed E-state index contributed by atoms with van der Waals surface area (Å²) < 4.78 is 29.0. The molecule has 2 N–H and O–H groups in total. The lowest BCUT2D eigenvalue weighted by Crippen LogP contribution is -2.21. The van der Waals surface area contributed by atoms with Crippen molar-refractivity contribution >= 4 is 10.8 Å². The third-order valence-corrected chi connectivity index (χ3v) is 6.52. The van der Waals surface area contributed by atoms with E-state index < -0.39 is 5.92 Å². The zero-order chi connectivity index (χ0) is 25.4. The van der Waals surface area contributed by atoms with Crippen LogP contribution < -0.4 is 29.4 Å². The summed E-state index contributed by atoms with van der Waals surface area (Å²) in [6.45, 7) is 2.91. The molecule has 0 amide bonds. The maximum atomic E-state index is 9.95. The zero-order valence-corrected chi connectivity index (χ0v) is 20.2. The van der Waals surface area contributed by atoms with Crippen LogP contribution in [0.15, 0.2) is 84.3 Å². The number of rotatable bonds is 6. The molecule has 2 aliphatic rings. The lowest BCUT2D eigenvalue weighted by molar-refractivity contribution is 0.174. The minimum atomic E-state index is -0.461. The fourth-order valence-corrected chi connectivity index (χ4v) is 4.77. The predicted octanol–water partition coefficient (Wildman–Crippen LogP) is 5.76. The van der Waals surface area contributed by atoms with Crippen molar-refractivity contribution in [3.05, 3.63) is 101 Å². The van der Waals surface area contributed by atoms with Crippen LogP contribution in [0.4, 0.5) is 0 Å². The molecule has 2 heterocycles. The van der Waals surface area contributed by atoms with Crippen LogP contribution in [0.2, 0.25) is 0 Å². The van der Waals surface area contributed by atoms with E-state index in [2.05, 4.69) is 36.4 Å². The van der Waals surface area contributed by atoms with Crippen molar-refractivity contribution in [1.29, 1.82) is 5.26 Å². The molecule has 7 heteroatoms. The molecule has 7 nitrogen and oxygen atoms in total. The summed E-state index contributed by atoms with van der Waals surface area (Å²) in [5, 5.41) is 12.3. The monoisotopic (exact) mass is 492 g/mol. The van der Waals surface area contributed by atoms with Gasteiger partial charge in [0, 0.05) is 11.6 Å². The van der Waals surface area contributed by atoms with E-state index in [4.69, 9.17) is 29.4 Å². The first-order chi connectivity index (χ1) is 18.1. The highest BCUT2D eigenvalue weighted by molar-refractivity contribution is 5.83. The lowest BCUT2D eigenvalue weighted by Gasteiger charge is -2.27. The second-order valence-electron chi connectivity index (χ2n) is 8.78. The quantitative estimate of drug-likeness (QED) is 0.365. The largest absolute Gasteiger partial charge is 0.490 e. The van der Waals surface area contributed by atoms with Gasteiger partial charge in [-0.3, -0.25) is 0 Å². The highest BCUT2D eigenvalue weighted by Gasteiger charge is 2.33. The number of nitrogens with two attached hydrogens (primary N) is 1. The van der Waals surface area contributed by atoms with Crippen molar-refractivity contribution in [3.63, 3.8) is 0 Å². The van der Waals surface area contributed by atoms with Gasteiger partial charge in [-0.15, -0.1) is 0 Å². The van der Waals surface area contributed by atoms with E-state index in [1.165, 1.54) is 5.39 Å². The van der Waals surface area contributed by atoms with Gasteiger partial charge in [0.25, 0.3) is 0 Å². The average Bonchev–Trinajstić information content (AvgIpc) is 3.38. The summed E-state index contributed by atoms with van der Waals surface area (Å²) in [6, 6.07) is 26.0. The molecule has 0 spiro atoms. The maximum absolute atomic E-state index is 9.95. The van der Waals surface area contributed by atoms with Gasteiger partial charge in [0.1, 0.15) is 24.0 Å². The first kappa shape index (κ1) is 22.6. The number of allylic oxidation sites excluding steroid dienone is 1. The molecule has 37 heavy (non-hydrogen) atoms. The Hall–Kier alpha value is -4.83. The van der Waals surface area contributed by atoms with Crippen molar-refractivity contribution in [2.45, 2.75) is 19.4 Å². The van der Waals surface area contributed by atoms with Gasteiger partial charge in [-0.1, -0.05) is 42.5 Å². The van der Waals surface area contributed by atoms with Crippen molar-refractivity contribution < 1.29 is 23.7 Å². The molecule has 4 aromatic rings. The topological polar surface area (TPSA) is 96.0 Å². The maximum Gasteiger partial charge on any atom is 0.231 e. The minimum Gasteiger partial charge on any atom is -0.490 e. The first-order valence-electron chi connectivity index (χ1n) is 12.0. The molecule has 1 atom stereocenters. The van der Waals surface area contributed by atoms with Crippen LogP contribution in [0.25, 0.3) is 10.8 Å². The summed E-state index contributed by atoms with van der Waals surface area (Å²) in [6.07, 6.45) is 0. The standard InChI is InChI=1S/C30H24N2O5/c1-2-33-26-12-21(9-10-24(26)34-16-18-7-8-19-5-3-4-6-20(19)11-18)29-22-13-27-28(36-17-35-27)14-25(22)37-30(32)23(29)15-31/h3-14,29H,2,16-17,32H2,1H3/t29-/m1/s1. The highest BCUT2D eigenvalue weighted by Crippen LogP contribution is 2.48. The van der Waals surface area contributed by atoms with Crippen molar-refractivity contribution in [2.75, 3.05) is 13.4 Å². The van der Waals surface area contributed by atoms with E-state index in [0.29, 0.717) is 47.5 Å². The number of nitrogens with zero attached hydrogens (tertiary/aromatic N) is 1. The molecule has 0 saturated heterocycles. The van der Waals surface area contributed by atoms with E-state index >= 15 is 0 Å². The summed E-state index contributed by atoms with van der Waals surface area (Å²) in [5.41, 5.74) is 9.13. The third-order valence-electron chi connectivity index (χ3n) is 6.52. The van der Waals surface area contributed by atoms with E-state index in [0.717, 1.165) is 22.1 Å². The van der Waals surface area contributed by atoms with Crippen LogP contribution >= 0.6 is 0 Å². The number of fused-ring (bicyclic) bond motifs is 3. The normalized spacial score (nSPS) is 15.6. The Labute approximate surface area is 214 Å². The van der Waals surface area contributed by atoms with Crippen LogP contribution in [-0.4, -0.2) is 13.4 Å². The first-order valence-corrected chi connectivity index (χ1v) is 12.0. The lowest BCUT2D eigenvalue weighted by atomic mass is 9.83. The molecule has 0 unspecified atom stereocenters. The van der Waals surface area contributed by atoms with Gasteiger partial charge in [-0.2, -0.15) is 5.26 Å². The smallest absolute Gasteiger partial charge is 0.231 e. The van der Waals surface area contributed by atoms with Crippen LogP contribution in [0.1, 0.15) is 29.5 Å². The summed E-state index contributed by atoms with van der Waals surface area (Å²) in [4.78, 5) is 0. The molecule has 0 saturated carbocycles. The van der Waals surface area contributed by atoms with Crippen LogP contribution in [0.5, 0.6) is 28.7 Å². The Balaban J connectivity index is 1.34. The average molecular weight is 493 g/mol. The van der Waals surface area contributed by atoms with Crippen molar-refractivity contribution in [2.24, 2.45) is 5.73 Å². The van der Waals surface area contributed by atoms with E-state index in [9.17, 15) is 5.26 Å². The zero-order valence-electron chi connectivity index (χ0n) is 20.2. The van der Waals surface area contributed by atoms with Gasteiger partial charge < -0.3 is 29.4 Å². The van der Waals surface area contributed by atoms with E-state index in [1.807, 2.05) is 43.3 Å². The van der Waals surface area contributed by atoms with Gasteiger partial charge >= 0.3 is 0 Å². The Morgan fingerprint density at radius 2 is 1.70 bits per heavy atom. The van der Waals surface area contributed by atoms with Gasteiger partial charge in [0.05, 0.1) is 12.5 Å². The van der Waals surface area contributed by atoms with Crippen LogP contribution in [0.3, 0.4) is 0 Å². The minimum absolute atomic E-state index is 0.0634. The SMILES string of the molecule is CCOc1cc([C@H]2C(C#N)=C(N)Oc3cc4c(cc32)OCO4)ccc1OCc1ccc2ccccc2c1. The number of hydrogen-bond donors (Lipinski definition) is 1. The van der Waals surface area contributed by atoms with Crippen molar-refractivity contribution in [3.8, 4) is 34.8 Å². The predicted molar refractivity (Wildman–Crippen MR) is 138 cm³/mol. The van der Waals surface area contributed by atoms with Gasteiger partial charge in [0.15, 0.2) is 23.0 Å². The molecule has 184 valence electrons. The molecule has 0 aromatic heterocycles. The molecule has 0 bridgehead atoms. The number of benzene rings is 4. The Kier molecular flexibility index (Phi) is 5.70. The molecule has 0 aliphatic carbocycles. The van der Waals surface area contributed by atoms with Crippen LogP contribution in [-0.2, 0) is 6.61 Å². The fraction of sp³-hybridized carbons (Fsp3) is 0.167. The molecule has 6 rings (SSSR count). The molecule has 0 radical (unpaired) electrons. The third kappa shape index (κ3) is 4.13. The van der Waals surface area contributed by atoms with E-state index in [-0.39, 0.29) is 12.7 Å². The second kappa shape index (κ2) is 9.32. The molecule has 2 aliphatic heterocycles. The molecular formula is C30H24N2O5. The fourth-order valence-electron chi connectivity index (χ4n) is 4.77. The van der Waals surface area contributed by atoms with Gasteiger partial charge in [-0.25, -0.2) is 0 Å². The van der Waals surface area contributed by atoms with Gasteiger partial charge in [-0.05, 0) is 53.1 Å². The second-order valence-corrected chi connectivity index (χ2v) is 8.78. The number of nitriles is 1. The molecule has 0 fully saturated rings. The molecular weight excluding hydrogens is 468 g/mol.